The molecule has 2 N–H and O–H groups in total. The number of hydrogen-bond acceptors (Lipinski definition) is 1. The molecule has 0 aliphatic carbocycles. The predicted octanol–water partition coefficient (Wildman–Crippen LogP) is 3.60. The molecule has 0 aliphatic rings. The summed E-state index contributed by atoms with van der Waals surface area (Å²) in [7, 11) is 0. The highest BCUT2D eigenvalue weighted by Crippen LogP contribution is 2.30. The van der Waals surface area contributed by atoms with E-state index in [9.17, 15) is 4.39 Å². The van der Waals surface area contributed by atoms with E-state index in [0.717, 1.165) is 16.7 Å². The summed E-state index contributed by atoms with van der Waals surface area (Å²) < 4.78 is 13.2. The van der Waals surface area contributed by atoms with Crippen LogP contribution in [-0.4, -0.2) is 0 Å². The Bertz CT molecular complexity index is 511. The summed E-state index contributed by atoms with van der Waals surface area (Å²) in [5.74, 6) is -0.285. The maximum absolute atomic E-state index is 13.2. The van der Waals surface area contributed by atoms with Gasteiger partial charge in [0.2, 0.25) is 0 Å². The van der Waals surface area contributed by atoms with Crippen LogP contribution in [0.1, 0.15) is 5.56 Å². The van der Waals surface area contributed by atoms with Crippen LogP contribution in [0.3, 0.4) is 0 Å². The summed E-state index contributed by atoms with van der Waals surface area (Å²) in [4.78, 5) is 0. The molecule has 82 valence electrons. The average molecular weight is 236 g/mol. The smallest absolute Gasteiger partial charge is 0.123 e. The summed E-state index contributed by atoms with van der Waals surface area (Å²) in [6.07, 6.45) is 0. The second-order valence-electron chi connectivity index (χ2n) is 3.49. The standard InChI is InChI=1S/C13H11ClFN/c14-13-4-2-1-3-11(13)12-7-10(15)6-5-9(12)8-16/h1-7H,8,16H2. The Morgan fingerprint density at radius 2 is 1.81 bits per heavy atom. The molecule has 0 bridgehead atoms. The van der Waals surface area contributed by atoms with E-state index < -0.39 is 0 Å². The van der Waals surface area contributed by atoms with Gasteiger partial charge in [0.25, 0.3) is 0 Å². The molecular weight excluding hydrogens is 225 g/mol. The monoisotopic (exact) mass is 235 g/mol. The zero-order valence-corrected chi connectivity index (χ0v) is 9.34. The van der Waals surface area contributed by atoms with Crippen molar-refractivity contribution in [3.8, 4) is 11.1 Å². The van der Waals surface area contributed by atoms with E-state index in [2.05, 4.69) is 0 Å². The number of rotatable bonds is 2. The van der Waals surface area contributed by atoms with Gasteiger partial charge in [-0.25, -0.2) is 4.39 Å². The Balaban J connectivity index is 2.63. The van der Waals surface area contributed by atoms with Gasteiger partial charge in [0, 0.05) is 17.1 Å². The van der Waals surface area contributed by atoms with Crippen LogP contribution in [0.15, 0.2) is 42.5 Å². The van der Waals surface area contributed by atoms with Gasteiger partial charge in [0.05, 0.1) is 0 Å². The summed E-state index contributed by atoms with van der Waals surface area (Å²) in [6, 6.07) is 11.9. The highest BCUT2D eigenvalue weighted by atomic mass is 35.5. The summed E-state index contributed by atoms with van der Waals surface area (Å²) >= 11 is 6.08. The van der Waals surface area contributed by atoms with Crippen LogP contribution in [0.5, 0.6) is 0 Å². The summed E-state index contributed by atoms with van der Waals surface area (Å²) in [5, 5.41) is 0.600. The van der Waals surface area contributed by atoms with Crippen molar-refractivity contribution in [2.24, 2.45) is 5.73 Å². The van der Waals surface area contributed by atoms with Crippen molar-refractivity contribution in [3.05, 3.63) is 58.9 Å². The van der Waals surface area contributed by atoms with Gasteiger partial charge >= 0.3 is 0 Å². The Kier molecular flexibility index (Phi) is 3.22. The molecule has 0 fully saturated rings. The van der Waals surface area contributed by atoms with E-state index in [0.29, 0.717) is 11.6 Å². The van der Waals surface area contributed by atoms with Gasteiger partial charge in [0.1, 0.15) is 5.82 Å². The molecule has 0 saturated carbocycles. The first-order valence-corrected chi connectivity index (χ1v) is 5.33. The molecule has 0 aliphatic heterocycles. The van der Waals surface area contributed by atoms with Gasteiger partial charge in [-0.2, -0.15) is 0 Å². The van der Waals surface area contributed by atoms with Gasteiger partial charge in [-0.3, -0.25) is 0 Å². The maximum atomic E-state index is 13.2. The fourth-order valence-electron chi connectivity index (χ4n) is 1.66. The van der Waals surface area contributed by atoms with E-state index in [1.165, 1.54) is 12.1 Å². The summed E-state index contributed by atoms with van der Waals surface area (Å²) in [6.45, 7) is 0.362. The fourth-order valence-corrected chi connectivity index (χ4v) is 1.89. The van der Waals surface area contributed by atoms with Crippen LogP contribution in [0, 0.1) is 5.82 Å². The molecule has 0 unspecified atom stereocenters. The molecule has 0 atom stereocenters. The van der Waals surface area contributed by atoms with Gasteiger partial charge in [-0.1, -0.05) is 35.9 Å². The van der Waals surface area contributed by atoms with E-state index in [1.807, 2.05) is 18.2 Å². The van der Waals surface area contributed by atoms with Crippen molar-refractivity contribution in [1.29, 1.82) is 0 Å². The third-order valence-corrected chi connectivity index (χ3v) is 2.79. The Morgan fingerprint density at radius 3 is 2.50 bits per heavy atom. The minimum atomic E-state index is -0.285. The minimum Gasteiger partial charge on any atom is -0.326 e. The largest absolute Gasteiger partial charge is 0.326 e. The van der Waals surface area contributed by atoms with Crippen molar-refractivity contribution in [2.75, 3.05) is 0 Å². The van der Waals surface area contributed by atoms with Crippen molar-refractivity contribution in [3.63, 3.8) is 0 Å². The lowest BCUT2D eigenvalue weighted by atomic mass is 9.99. The molecule has 0 saturated heterocycles. The van der Waals surface area contributed by atoms with E-state index in [-0.39, 0.29) is 5.82 Å². The topological polar surface area (TPSA) is 26.0 Å². The quantitative estimate of drug-likeness (QED) is 0.846. The predicted molar refractivity (Wildman–Crippen MR) is 64.7 cm³/mol. The lowest BCUT2D eigenvalue weighted by molar-refractivity contribution is 0.627. The molecule has 3 heteroatoms. The normalized spacial score (nSPS) is 10.4. The number of benzene rings is 2. The van der Waals surface area contributed by atoms with Crippen molar-refractivity contribution in [2.45, 2.75) is 6.54 Å². The first kappa shape index (κ1) is 11.1. The van der Waals surface area contributed by atoms with Crippen LogP contribution in [0.25, 0.3) is 11.1 Å². The van der Waals surface area contributed by atoms with Crippen LogP contribution in [-0.2, 0) is 6.54 Å². The van der Waals surface area contributed by atoms with Crippen LogP contribution in [0.4, 0.5) is 4.39 Å². The molecule has 1 nitrogen and oxygen atoms in total. The van der Waals surface area contributed by atoms with Crippen LogP contribution < -0.4 is 5.73 Å². The van der Waals surface area contributed by atoms with Gasteiger partial charge < -0.3 is 5.73 Å². The average Bonchev–Trinajstić information content (AvgIpc) is 2.29. The Hall–Kier alpha value is -1.38. The van der Waals surface area contributed by atoms with Crippen molar-refractivity contribution < 1.29 is 4.39 Å². The Morgan fingerprint density at radius 1 is 1.06 bits per heavy atom. The molecule has 0 radical (unpaired) electrons. The molecule has 2 aromatic rings. The van der Waals surface area contributed by atoms with Crippen LogP contribution in [0.2, 0.25) is 5.02 Å². The molecule has 2 aromatic carbocycles. The zero-order chi connectivity index (χ0) is 11.5. The minimum absolute atomic E-state index is 0.285. The number of nitrogens with two attached hydrogens (primary N) is 1. The van der Waals surface area contributed by atoms with Gasteiger partial charge in [0.15, 0.2) is 0 Å². The molecular formula is C13H11ClFN. The first-order valence-electron chi connectivity index (χ1n) is 4.96. The molecule has 0 aromatic heterocycles. The first-order chi connectivity index (χ1) is 7.72. The van der Waals surface area contributed by atoms with Crippen molar-refractivity contribution in [1.82, 2.24) is 0 Å². The summed E-state index contributed by atoms with van der Waals surface area (Å²) in [5.41, 5.74) is 8.07. The molecule has 16 heavy (non-hydrogen) atoms. The fraction of sp³-hybridized carbons (Fsp3) is 0.0769. The van der Waals surface area contributed by atoms with Gasteiger partial charge in [-0.15, -0.1) is 0 Å². The molecule has 0 amide bonds. The van der Waals surface area contributed by atoms with E-state index >= 15 is 0 Å². The zero-order valence-electron chi connectivity index (χ0n) is 8.58. The number of hydrogen-bond donors (Lipinski definition) is 1. The Labute approximate surface area is 98.7 Å². The second kappa shape index (κ2) is 4.64. The van der Waals surface area contributed by atoms with Crippen molar-refractivity contribution >= 4 is 11.6 Å². The highest BCUT2D eigenvalue weighted by Gasteiger charge is 2.08. The van der Waals surface area contributed by atoms with Crippen LogP contribution >= 0.6 is 11.6 Å². The SMILES string of the molecule is NCc1ccc(F)cc1-c1ccccc1Cl. The molecule has 2 rings (SSSR count). The lowest BCUT2D eigenvalue weighted by Gasteiger charge is -2.09. The second-order valence-corrected chi connectivity index (χ2v) is 3.89. The third kappa shape index (κ3) is 2.08. The lowest BCUT2D eigenvalue weighted by Crippen LogP contribution is -1.99. The van der Waals surface area contributed by atoms with Gasteiger partial charge in [-0.05, 0) is 29.3 Å². The van der Waals surface area contributed by atoms with E-state index in [1.54, 1.807) is 12.1 Å². The maximum Gasteiger partial charge on any atom is 0.123 e. The number of halogens is 2. The molecule has 0 spiro atoms. The van der Waals surface area contributed by atoms with E-state index in [4.69, 9.17) is 17.3 Å². The third-order valence-electron chi connectivity index (χ3n) is 2.46. The molecule has 0 heterocycles. The highest BCUT2D eigenvalue weighted by molar-refractivity contribution is 6.33.